The van der Waals surface area contributed by atoms with Crippen molar-refractivity contribution < 1.29 is 14.7 Å². The van der Waals surface area contributed by atoms with Crippen LogP contribution in [0, 0.1) is 0 Å². The Hall–Kier alpha value is -4.33. The van der Waals surface area contributed by atoms with Crippen LogP contribution < -0.4 is 5.32 Å². The monoisotopic (exact) mass is 506 g/mol. The number of hydrogen-bond acceptors (Lipinski definition) is 5. The highest BCUT2D eigenvalue weighted by molar-refractivity contribution is 6.11. The van der Waals surface area contributed by atoms with Crippen molar-refractivity contribution in [2.75, 3.05) is 13.2 Å². The van der Waals surface area contributed by atoms with Gasteiger partial charge in [-0.3, -0.25) is 14.3 Å². The van der Waals surface area contributed by atoms with Crippen molar-refractivity contribution in [3.05, 3.63) is 114 Å². The number of carbonyl (C=O) groups excluding carboxylic acids is 2. The molecular weight excluding hydrogens is 476 g/mol. The highest BCUT2D eigenvalue weighted by atomic mass is 16.3. The zero-order valence-corrected chi connectivity index (χ0v) is 21.2. The molecule has 38 heavy (non-hydrogen) atoms. The zero-order valence-electron chi connectivity index (χ0n) is 21.2. The van der Waals surface area contributed by atoms with Crippen LogP contribution in [0.1, 0.15) is 44.8 Å². The summed E-state index contributed by atoms with van der Waals surface area (Å²) in [4.78, 5) is 28.7. The van der Waals surface area contributed by atoms with Crippen molar-refractivity contribution in [1.82, 2.24) is 20.1 Å². The Labute approximate surface area is 221 Å². The molecular formula is C31H30N4O3. The number of hydrogen-bond donors (Lipinski definition) is 3. The van der Waals surface area contributed by atoms with Gasteiger partial charge in [0.1, 0.15) is 0 Å². The molecule has 2 heterocycles. The number of carbonyl (C=O) groups is 2. The fourth-order valence-corrected chi connectivity index (χ4v) is 4.68. The van der Waals surface area contributed by atoms with Crippen LogP contribution in [-0.4, -0.2) is 44.6 Å². The number of aromatic amines is 1. The molecule has 7 nitrogen and oxygen atoms in total. The van der Waals surface area contributed by atoms with E-state index in [9.17, 15) is 9.59 Å². The first-order chi connectivity index (χ1) is 18.5. The van der Waals surface area contributed by atoms with Gasteiger partial charge in [0, 0.05) is 46.5 Å². The van der Waals surface area contributed by atoms with Crippen LogP contribution in [0.2, 0.25) is 0 Å². The Morgan fingerprint density at radius 2 is 1.82 bits per heavy atom. The lowest BCUT2D eigenvalue weighted by Crippen LogP contribution is -2.30. The van der Waals surface area contributed by atoms with E-state index in [4.69, 9.17) is 5.11 Å². The average molecular weight is 507 g/mol. The van der Waals surface area contributed by atoms with E-state index in [0.717, 1.165) is 39.6 Å². The molecule has 0 aliphatic carbocycles. The van der Waals surface area contributed by atoms with Crippen molar-refractivity contribution in [1.29, 1.82) is 0 Å². The van der Waals surface area contributed by atoms with E-state index in [1.807, 2.05) is 79.0 Å². The summed E-state index contributed by atoms with van der Waals surface area (Å²) in [5.74, 6) is 0.0462. The number of nitrogens with zero attached hydrogens (tertiary/aromatic N) is 2. The van der Waals surface area contributed by atoms with E-state index in [2.05, 4.69) is 15.4 Å². The molecule has 0 spiro atoms. The van der Waals surface area contributed by atoms with Gasteiger partial charge in [0.25, 0.3) is 0 Å². The third-order valence-corrected chi connectivity index (χ3v) is 6.76. The normalized spacial score (nSPS) is 12.1. The number of rotatable bonds is 11. The summed E-state index contributed by atoms with van der Waals surface area (Å²) < 4.78 is 1.71. The van der Waals surface area contributed by atoms with Gasteiger partial charge in [-0.05, 0) is 36.1 Å². The van der Waals surface area contributed by atoms with Gasteiger partial charge >= 0.3 is 0 Å². The molecule has 0 saturated heterocycles. The van der Waals surface area contributed by atoms with Gasteiger partial charge < -0.3 is 15.4 Å². The van der Waals surface area contributed by atoms with Crippen LogP contribution in [0.25, 0.3) is 22.0 Å². The van der Waals surface area contributed by atoms with Gasteiger partial charge in [-0.15, -0.1) is 0 Å². The third-order valence-electron chi connectivity index (χ3n) is 6.76. The van der Waals surface area contributed by atoms with Gasteiger partial charge in [-0.1, -0.05) is 66.7 Å². The maximum atomic E-state index is 13.9. The van der Waals surface area contributed by atoms with Crippen LogP contribution in [0.5, 0.6) is 0 Å². The highest BCUT2D eigenvalue weighted by Crippen LogP contribution is 2.29. The maximum Gasteiger partial charge on any atom is 0.186 e. The van der Waals surface area contributed by atoms with E-state index in [-0.39, 0.29) is 18.2 Å². The number of fused-ring (bicyclic) bond motifs is 1. The smallest absolute Gasteiger partial charge is 0.186 e. The topological polar surface area (TPSA) is 100 Å². The Morgan fingerprint density at radius 1 is 1.03 bits per heavy atom. The minimum absolute atomic E-state index is 0.00195. The van der Waals surface area contributed by atoms with E-state index in [1.165, 1.54) is 0 Å². The summed E-state index contributed by atoms with van der Waals surface area (Å²) in [6, 6.07) is 22.8. The van der Waals surface area contributed by atoms with E-state index in [1.54, 1.807) is 24.0 Å². The Kier molecular flexibility index (Phi) is 7.58. The Morgan fingerprint density at radius 3 is 2.55 bits per heavy atom. The van der Waals surface area contributed by atoms with Crippen LogP contribution in [0.15, 0.2) is 91.4 Å². The number of aromatic nitrogens is 3. The molecule has 0 aliphatic rings. The molecule has 3 N–H and O–H groups in total. The van der Waals surface area contributed by atoms with Crippen molar-refractivity contribution in [2.24, 2.45) is 0 Å². The summed E-state index contributed by atoms with van der Waals surface area (Å²) in [6.07, 6.45) is 6.18. The number of benzene rings is 3. The molecule has 0 fully saturated rings. The summed E-state index contributed by atoms with van der Waals surface area (Å²) in [5, 5.41) is 17.8. The molecule has 1 atom stereocenters. The lowest BCUT2D eigenvalue weighted by Gasteiger charge is -2.18. The summed E-state index contributed by atoms with van der Waals surface area (Å²) in [6.45, 7) is 2.65. The molecule has 0 bridgehead atoms. The number of Topliss-reactive ketones (excluding diaryl/α,β-unsaturated/α-hetero) is 2. The second kappa shape index (κ2) is 11.4. The molecule has 0 radical (unpaired) electrons. The van der Waals surface area contributed by atoms with Gasteiger partial charge in [0.05, 0.1) is 25.4 Å². The maximum absolute atomic E-state index is 13.9. The van der Waals surface area contributed by atoms with E-state index >= 15 is 0 Å². The van der Waals surface area contributed by atoms with Crippen LogP contribution in [-0.2, 0) is 13.0 Å². The Balaban J connectivity index is 1.36. The minimum Gasteiger partial charge on any atom is -0.394 e. The molecule has 5 rings (SSSR count). The first kappa shape index (κ1) is 25.3. The molecule has 0 unspecified atom stereocenters. The molecule has 0 aliphatic heterocycles. The first-order valence-electron chi connectivity index (χ1n) is 12.7. The largest absolute Gasteiger partial charge is 0.394 e. The molecule has 0 saturated carbocycles. The van der Waals surface area contributed by atoms with Crippen molar-refractivity contribution in [3.63, 3.8) is 0 Å². The zero-order chi connectivity index (χ0) is 26.5. The molecule has 3 aromatic carbocycles. The van der Waals surface area contributed by atoms with Crippen LogP contribution in [0.4, 0.5) is 0 Å². The molecule has 5 aromatic rings. The van der Waals surface area contributed by atoms with E-state index in [0.29, 0.717) is 24.2 Å². The van der Waals surface area contributed by atoms with Crippen LogP contribution >= 0.6 is 0 Å². The number of H-pyrrole nitrogens is 1. The lowest BCUT2D eigenvalue weighted by molar-refractivity contribution is 0.0944. The standard InChI is InChI=1S/C31H30N4O3/c1-21(37)23-9-7-22(8-10-23)13-14-32-30(24-5-3-2-4-6-24)31(38)28-19-33-29-17-25(11-12-27(28)29)26-18-34-35(20-26)15-16-36/h2-12,17-20,30,32-33,36H,13-16H2,1H3/t30-/m0/s1. The number of aliphatic hydroxyl groups excluding tert-OH is 1. The lowest BCUT2D eigenvalue weighted by atomic mass is 9.96. The van der Waals surface area contributed by atoms with Crippen molar-refractivity contribution in [3.8, 4) is 11.1 Å². The third kappa shape index (κ3) is 5.49. The average Bonchev–Trinajstić information content (AvgIpc) is 3.59. The number of ketones is 2. The predicted octanol–water partition coefficient (Wildman–Crippen LogP) is 4.98. The van der Waals surface area contributed by atoms with Gasteiger partial charge in [-0.25, -0.2) is 0 Å². The fourth-order valence-electron chi connectivity index (χ4n) is 4.68. The number of aliphatic hydroxyl groups is 1. The van der Waals surface area contributed by atoms with Gasteiger partial charge in [0.15, 0.2) is 11.6 Å². The minimum atomic E-state index is -0.497. The second-order valence-electron chi connectivity index (χ2n) is 9.34. The van der Waals surface area contributed by atoms with Gasteiger partial charge in [-0.2, -0.15) is 5.10 Å². The second-order valence-corrected chi connectivity index (χ2v) is 9.34. The SMILES string of the molecule is CC(=O)c1ccc(CCN[C@H](C(=O)c2c[nH]c3cc(-c4cnn(CCO)c4)ccc23)c2ccccc2)cc1. The first-order valence-corrected chi connectivity index (χ1v) is 12.7. The van der Waals surface area contributed by atoms with Crippen LogP contribution in [0.3, 0.4) is 0 Å². The van der Waals surface area contributed by atoms with Crippen molar-refractivity contribution >= 4 is 22.5 Å². The molecule has 0 amide bonds. The summed E-state index contributed by atoms with van der Waals surface area (Å²) >= 11 is 0. The quantitative estimate of drug-likeness (QED) is 0.219. The highest BCUT2D eigenvalue weighted by Gasteiger charge is 2.24. The Bertz CT molecular complexity index is 1550. The molecule has 192 valence electrons. The van der Waals surface area contributed by atoms with E-state index < -0.39 is 6.04 Å². The predicted molar refractivity (Wildman–Crippen MR) is 148 cm³/mol. The summed E-state index contributed by atoms with van der Waals surface area (Å²) in [7, 11) is 0. The molecule has 7 heteroatoms. The summed E-state index contributed by atoms with van der Waals surface area (Å²) in [5.41, 5.74) is 6.14. The van der Waals surface area contributed by atoms with Crippen molar-refractivity contribution in [2.45, 2.75) is 25.9 Å². The fraction of sp³-hybridized carbons (Fsp3) is 0.194. The van der Waals surface area contributed by atoms with Gasteiger partial charge in [0.2, 0.25) is 0 Å². The molecule has 2 aromatic heterocycles. The number of nitrogens with one attached hydrogen (secondary N) is 2.